The molecule has 0 aromatic heterocycles. The summed E-state index contributed by atoms with van der Waals surface area (Å²) in [5, 5.41) is 0. The molecule has 2 aromatic carbocycles. The third-order valence-electron chi connectivity index (χ3n) is 9.29. The highest BCUT2D eigenvalue weighted by molar-refractivity contribution is 7.93. The molecule has 1 aliphatic carbocycles. The molecule has 292 valence electrons. The van der Waals surface area contributed by atoms with Crippen molar-refractivity contribution in [2.75, 3.05) is 31.4 Å². The largest absolute Gasteiger partial charge is 0.288 e. The number of hydrogen-bond donors (Lipinski definition) is 3. The minimum Gasteiger partial charge on any atom is -0.288 e. The van der Waals surface area contributed by atoms with E-state index in [1.54, 1.807) is 0 Å². The van der Waals surface area contributed by atoms with Crippen molar-refractivity contribution in [3.05, 3.63) is 52.6 Å². The van der Waals surface area contributed by atoms with Gasteiger partial charge in [-0.1, -0.05) is 129 Å². The molecule has 1 aliphatic rings. The third kappa shape index (κ3) is 13.5. The molecule has 0 radical (unpaired) electrons. The van der Waals surface area contributed by atoms with Gasteiger partial charge in [-0.2, -0.15) is 0 Å². The van der Waals surface area contributed by atoms with E-state index in [2.05, 4.69) is 34.9 Å². The van der Waals surface area contributed by atoms with Crippen LogP contribution in [0.25, 0.3) is 0 Å². The fraction of sp³-hybridized carbons (Fsp3) is 0.632. The smallest absolute Gasteiger partial charge is 0.232 e. The predicted octanol–water partition coefficient (Wildman–Crippen LogP) is 8.77. The van der Waals surface area contributed by atoms with Crippen molar-refractivity contribution in [3.8, 4) is 0 Å². The summed E-state index contributed by atoms with van der Waals surface area (Å²) in [7, 11) is -11.8. The Labute approximate surface area is 312 Å². The minimum atomic E-state index is -3.97. The molecular weight excluding hydrogens is 723 g/mol. The molecule has 52 heavy (non-hydrogen) atoms. The average molecular weight is 782 g/mol. The van der Waals surface area contributed by atoms with E-state index < -0.39 is 41.6 Å². The number of fused-ring (bicyclic) bond motifs is 2. The van der Waals surface area contributed by atoms with Crippen LogP contribution in [0, 0.1) is 0 Å². The molecule has 2 aromatic rings. The number of carbonyl (C=O) groups excluding carboxylic acids is 2. The van der Waals surface area contributed by atoms with Gasteiger partial charge in [0.2, 0.25) is 30.1 Å². The Bertz CT molecular complexity index is 1830. The quantitative estimate of drug-likeness (QED) is 0.0644. The number of unbranched alkanes of at least 4 members (excludes halogenated alkanes) is 15. The normalized spacial score (nSPS) is 13.1. The summed E-state index contributed by atoms with van der Waals surface area (Å²) < 4.78 is 86.7. The molecule has 0 spiro atoms. The van der Waals surface area contributed by atoms with E-state index in [4.69, 9.17) is 0 Å². The standard InChI is InChI=1S/C38H59N3O8S3/c1-4-7-10-13-16-19-27-50(44,45)39-31-24-22-23-30-34(31)38(43)36-33(41-52(48,49)29-21-18-15-12-9-6-3)26-25-32(35(36)37(30)42)40-51(46,47)28-20-17-14-11-8-5-2/h22-26,39-41H,4-21,27-29H2,1-3H3. The summed E-state index contributed by atoms with van der Waals surface area (Å²) in [6.45, 7) is 6.30. The summed E-state index contributed by atoms with van der Waals surface area (Å²) >= 11 is 0. The highest BCUT2D eigenvalue weighted by atomic mass is 32.2. The highest BCUT2D eigenvalue weighted by Gasteiger charge is 2.37. The fourth-order valence-corrected chi connectivity index (χ4v) is 10.0. The van der Waals surface area contributed by atoms with Crippen LogP contribution in [0.1, 0.15) is 168 Å². The zero-order valence-electron chi connectivity index (χ0n) is 31.2. The lowest BCUT2D eigenvalue weighted by molar-refractivity contribution is 0.0981. The number of rotatable bonds is 27. The molecule has 0 saturated heterocycles. The molecule has 11 nitrogen and oxygen atoms in total. The van der Waals surface area contributed by atoms with Gasteiger partial charge in [0.1, 0.15) is 0 Å². The van der Waals surface area contributed by atoms with Gasteiger partial charge in [0, 0.05) is 5.56 Å². The van der Waals surface area contributed by atoms with Gasteiger partial charge in [-0.15, -0.1) is 0 Å². The van der Waals surface area contributed by atoms with E-state index in [0.717, 1.165) is 89.9 Å². The third-order valence-corrected chi connectivity index (χ3v) is 13.4. The van der Waals surface area contributed by atoms with E-state index in [9.17, 15) is 34.8 Å². The summed E-state index contributed by atoms with van der Waals surface area (Å²) in [6, 6.07) is 6.80. The molecule has 0 amide bonds. The van der Waals surface area contributed by atoms with Crippen molar-refractivity contribution in [1.82, 2.24) is 0 Å². The van der Waals surface area contributed by atoms with Crippen LogP contribution in [0.3, 0.4) is 0 Å². The Morgan fingerprint density at radius 2 is 0.731 bits per heavy atom. The molecule has 14 heteroatoms. The van der Waals surface area contributed by atoms with E-state index in [1.165, 1.54) is 30.3 Å². The summed E-state index contributed by atoms with van der Waals surface area (Å²) in [4.78, 5) is 28.6. The SMILES string of the molecule is CCCCCCCCS(=O)(=O)Nc1cccc2c1C(=O)c1c(NS(=O)(=O)CCCCCCCC)ccc(NS(=O)(=O)CCCCCCCC)c1C2=O. The first-order valence-electron chi connectivity index (χ1n) is 19.2. The van der Waals surface area contributed by atoms with Crippen LogP contribution >= 0.6 is 0 Å². The molecule has 3 rings (SSSR count). The number of anilines is 3. The highest BCUT2D eigenvalue weighted by Crippen LogP contribution is 2.40. The van der Waals surface area contributed by atoms with Gasteiger partial charge in [-0.05, 0) is 37.5 Å². The molecule has 3 N–H and O–H groups in total. The van der Waals surface area contributed by atoms with Gasteiger partial charge >= 0.3 is 0 Å². The maximum Gasteiger partial charge on any atom is 0.232 e. The van der Waals surface area contributed by atoms with Crippen LogP contribution in [0.4, 0.5) is 17.1 Å². The van der Waals surface area contributed by atoms with Crippen LogP contribution in [0.15, 0.2) is 30.3 Å². The van der Waals surface area contributed by atoms with E-state index >= 15 is 0 Å². The second-order valence-corrected chi connectivity index (χ2v) is 19.4. The number of sulfonamides is 3. The van der Waals surface area contributed by atoms with Gasteiger partial charge in [0.05, 0.1) is 51.0 Å². The average Bonchev–Trinajstić information content (AvgIpc) is 3.08. The Morgan fingerprint density at radius 1 is 0.404 bits per heavy atom. The van der Waals surface area contributed by atoms with E-state index in [0.29, 0.717) is 25.7 Å². The number of nitrogens with one attached hydrogen (secondary N) is 3. The number of hydrogen-bond acceptors (Lipinski definition) is 8. The molecule has 0 atom stereocenters. The fourth-order valence-electron chi connectivity index (χ4n) is 6.45. The van der Waals surface area contributed by atoms with Crippen LogP contribution in [-0.4, -0.2) is 54.1 Å². The molecule has 0 aliphatic heterocycles. The van der Waals surface area contributed by atoms with Crippen LogP contribution in [0.2, 0.25) is 0 Å². The lowest BCUT2D eigenvalue weighted by Gasteiger charge is -2.25. The lowest BCUT2D eigenvalue weighted by atomic mass is 9.81. The maximum atomic E-state index is 14.4. The monoisotopic (exact) mass is 781 g/mol. The van der Waals surface area contributed by atoms with Gasteiger partial charge in [-0.3, -0.25) is 23.8 Å². The number of ketones is 2. The van der Waals surface area contributed by atoms with Crippen molar-refractivity contribution < 1.29 is 34.8 Å². The van der Waals surface area contributed by atoms with Gasteiger partial charge in [0.25, 0.3) is 0 Å². The Kier molecular flexibility index (Phi) is 17.6. The van der Waals surface area contributed by atoms with E-state index in [-0.39, 0.29) is 56.6 Å². The maximum absolute atomic E-state index is 14.4. The van der Waals surface area contributed by atoms with Crippen molar-refractivity contribution in [2.24, 2.45) is 0 Å². The second-order valence-electron chi connectivity index (χ2n) is 13.9. The molecule has 0 heterocycles. The summed E-state index contributed by atoms with van der Waals surface area (Å²) in [6.07, 6.45) is 15.6. The zero-order valence-corrected chi connectivity index (χ0v) is 33.7. The van der Waals surface area contributed by atoms with Crippen molar-refractivity contribution in [2.45, 2.75) is 136 Å². The van der Waals surface area contributed by atoms with Crippen LogP contribution < -0.4 is 14.2 Å². The molecular formula is C38H59N3O8S3. The Balaban J connectivity index is 1.96. The van der Waals surface area contributed by atoms with Gasteiger partial charge < -0.3 is 0 Å². The molecule has 0 saturated carbocycles. The Morgan fingerprint density at radius 3 is 1.12 bits per heavy atom. The van der Waals surface area contributed by atoms with Crippen LogP contribution in [0.5, 0.6) is 0 Å². The second kappa shape index (κ2) is 21.1. The first kappa shape index (κ1) is 43.4. The first-order chi connectivity index (χ1) is 24.8. The zero-order chi connectivity index (χ0) is 38.2. The van der Waals surface area contributed by atoms with Crippen molar-refractivity contribution in [3.63, 3.8) is 0 Å². The summed E-state index contributed by atoms with van der Waals surface area (Å²) in [5.41, 5.74) is -1.34. The number of carbonyl (C=O) groups is 2. The van der Waals surface area contributed by atoms with Crippen molar-refractivity contribution >= 4 is 58.7 Å². The first-order valence-corrected chi connectivity index (χ1v) is 24.1. The molecule has 0 bridgehead atoms. The summed E-state index contributed by atoms with van der Waals surface area (Å²) in [5.74, 6) is -2.09. The molecule has 0 unspecified atom stereocenters. The van der Waals surface area contributed by atoms with E-state index in [1.807, 2.05) is 0 Å². The van der Waals surface area contributed by atoms with Gasteiger partial charge in [0.15, 0.2) is 11.6 Å². The molecule has 0 fully saturated rings. The number of benzene rings is 2. The van der Waals surface area contributed by atoms with Crippen LogP contribution in [-0.2, 0) is 30.1 Å². The minimum absolute atomic E-state index is 0.0950. The predicted molar refractivity (Wildman–Crippen MR) is 212 cm³/mol. The topological polar surface area (TPSA) is 173 Å². The van der Waals surface area contributed by atoms with Gasteiger partial charge in [-0.25, -0.2) is 25.3 Å². The lowest BCUT2D eigenvalue weighted by Crippen LogP contribution is -2.29. The Hall–Kier alpha value is -2.97. The van der Waals surface area contributed by atoms with Crippen molar-refractivity contribution in [1.29, 1.82) is 0 Å².